The van der Waals surface area contributed by atoms with Gasteiger partial charge in [0, 0.05) is 18.2 Å². The van der Waals surface area contributed by atoms with Crippen molar-refractivity contribution in [2.45, 2.75) is 54.0 Å². The molecule has 1 N–H and O–H groups in total. The second-order valence-electron chi connectivity index (χ2n) is 7.48. The van der Waals surface area contributed by atoms with E-state index in [0.717, 1.165) is 6.54 Å². The van der Waals surface area contributed by atoms with Gasteiger partial charge in [-0.1, -0.05) is 41.5 Å². The first-order chi connectivity index (χ1) is 11.9. The van der Waals surface area contributed by atoms with Gasteiger partial charge in [0.1, 0.15) is 0 Å². The SMILES string of the molecule is CC1=C(C)C(c2ccccc2CNc2cc(C)cc(C)c2)C(C)=C1C. The van der Waals surface area contributed by atoms with Crippen molar-refractivity contribution >= 4 is 5.69 Å². The minimum absolute atomic E-state index is 0.428. The lowest BCUT2D eigenvalue weighted by Crippen LogP contribution is -2.08. The number of aryl methyl sites for hydroxylation is 2. The standard InChI is InChI=1S/C24H29N/c1-15-11-16(2)13-22(12-15)25-14-21-9-7-8-10-23(21)24-19(5)17(3)18(4)20(24)6/h7-13,24-25H,14H2,1-6H3. The van der Waals surface area contributed by atoms with E-state index in [-0.39, 0.29) is 0 Å². The first-order valence-corrected chi connectivity index (χ1v) is 9.13. The maximum absolute atomic E-state index is 3.63. The number of nitrogens with one attached hydrogen (secondary N) is 1. The van der Waals surface area contributed by atoms with Gasteiger partial charge in [-0.3, -0.25) is 0 Å². The zero-order chi connectivity index (χ0) is 18.1. The third-order valence-corrected chi connectivity index (χ3v) is 5.68. The van der Waals surface area contributed by atoms with Crippen LogP contribution in [0, 0.1) is 13.8 Å². The van der Waals surface area contributed by atoms with Crippen LogP contribution in [-0.4, -0.2) is 0 Å². The smallest absolute Gasteiger partial charge is 0.0403 e. The van der Waals surface area contributed by atoms with Crippen molar-refractivity contribution in [2.24, 2.45) is 0 Å². The molecule has 2 aromatic rings. The number of hydrogen-bond acceptors (Lipinski definition) is 1. The molecule has 3 rings (SSSR count). The van der Waals surface area contributed by atoms with Crippen molar-refractivity contribution in [1.29, 1.82) is 0 Å². The van der Waals surface area contributed by atoms with E-state index in [1.54, 1.807) is 0 Å². The number of rotatable bonds is 4. The maximum Gasteiger partial charge on any atom is 0.0403 e. The zero-order valence-corrected chi connectivity index (χ0v) is 16.3. The third-order valence-electron chi connectivity index (χ3n) is 5.68. The Labute approximate surface area is 152 Å². The normalized spacial score (nSPS) is 15.3. The lowest BCUT2D eigenvalue weighted by Gasteiger charge is -2.20. The summed E-state index contributed by atoms with van der Waals surface area (Å²) in [6, 6.07) is 15.5. The first kappa shape index (κ1) is 17.5. The average Bonchev–Trinajstić information content (AvgIpc) is 2.76. The summed E-state index contributed by atoms with van der Waals surface area (Å²) in [5.41, 5.74) is 12.5. The molecule has 0 unspecified atom stereocenters. The monoisotopic (exact) mass is 331 g/mol. The van der Waals surface area contributed by atoms with Crippen molar-refractivity contribution in [3.8, 4) is 0 Å². The van der Waals surface area contributed by atoms with E-state index in [0.29, 0.717) is 5.92 Å². The molecule has 25 heavy (non-hydrogen) atoms. The van der Waals surface area contributed by atoms with Gasteiger partial charge >= 0.3 is 0 Å². The van der Waals surface area contributed by atoms with E-state index in [1.165, 1.54) is 50.2 Å². The topological polar surface area (TPSA) is 12.0 Å². The summed E-state index contributed by atoms with van der Waals surface area (Å²) in [4.78, 5) is 0. The van der Waals surface area contributed by atoms with E-state index in [2.05, 4.69) is 89.3 Å². The molecule has 1 aliphatic rings. The molecule has 1 heteroatoms. The Balaban J connectivity index is 1.90. The Bertz CT molecular complexity index is 823. The molecule has 0 saturated carbocycles. The third kappa shape index (κ3) is 3.42. The molecule has 0 aliphatic heterocycles. The summed E-state index contributed by atoms with van der Waals surface area (Å²) in [5.74, 6) is 0.428. The predicted molar refractivity (Wildman–Crippen MR) is 109 cm³/mol. The van der Waals surface area contributed by atoms with E-state index < -0.39 is 0 Å². The fourth-order valence-corrected chi connectivity index (χ4v) is 4.07. The molecule has 0 radical (unpaired) electrons. The van der Waals surface area contributed by atoms with Crippen molar-refractivity contribution in [2.75, 3.05) is 5.32 Å². The minimum Gasteiger partial charge on any atom is -0.381 e. The molecule has 130 valence electrons. The van der Waals surface area contributed by atoms with Crippen LogP contribution in [0.25, 0.3) is 0 Å². The number of hydrogen-bond donors (Lipinski definition) is 1. The Hall–Kier alpha value is -2.28. The molecule has 0 bridgehead atoms. The molecule has 0 atom stereocenters. The van der Waals surface area contributed by atoms with Gasteiger partial charge in [0.25, 0.3) is 0 Å². The highest BCUT2D eigenvalue weighted by molar-refractivity contribution is 5.56. The Morgan fingerprint density at radius 2 is 1.32 bits per heavy atom. The second-order valence-corrected chi connectivity index (χ2v) is 7.48. The second kappa shape index (κ2) is 6.92. The summed E-state index contributed by atoms with van der Waals surface area (Å²) in [6.45, 7) is 14.2. The molecule has 1 nitrogen and oxygen atoms in total. The van der Waals surface area contributed by atoms with Crippen molar-refractivity contribution in [3.05, 3.63) is 87.0 Å². The average molecular weight is 332 g/mol. The largest absolute Gasteiger partial charge is 0.381 e. The van der Waals surface area contributed by atoms with Crippen molar-refractivity contribution in [3.63, 3.8) is 0 Å². The number of anilines is 1. The van der Waals surface area contributed by atoms with Crippen LogP contribution in [0.5, 0.6) is 0 Å². The van der Waals surface area contributed by atoms with Gasteiger partial charge in [-0.25, -0.2) is 0 Å². The maximum atomic E-state index is 3.63. The fraction of sp³-hybridized carbons (Fsp3) is 0.333. The highest BCUT2D eigenvalue weighted by atomic mass is 14.9. The van der Waals surface area contributed by atoms with Crippen molar-refractivity contribution < 1.29 is 0 Å². The van der Waals surface area contributed by atoms with Gasteiger partial charge in [0.2, 0.25) is 0 Å². The molecule has 0 aromatic heterocycles. The molecule has 0 saturated heterocycles. The Kier molecular flexibility index (Phi) is 4.85. The molecule has 0 fully saturated rings. The van der Waals surface area contributed by atoms with Gasteiger partial charge in [0.05, 0.1) is 0 Å². The van der Waals surface area contributed by atoms with E-state index in [9.17, 15) is 0 Å². The van der Waals surface area contributed by atoms with Gasteiger partial charge in [0.15, 0.2) is 0 Å². The molecular formula is C24H29N. The summed E-state index contributed by atoms with van der Waals surface area (Å²) >= 11 is 0. The van der Waals surface area contributed by atoms with Crippen LogP contribution < -0.4 is 5.32 Å². The minimum atomic E-state index is 0.428. The van der Waals surface area contributed by atoms with Crippen LogP contribution in [0.2, 0.25) is 0 Å². The van der Waals surface area contributed by atoms with Crippen LogP contribution in [0.3, 0.4) is 0 Å². The van der Waals surface area contributed by atoms with Gasteiger partial charge in [-0.2, -0.15) is 0 Å². The molecular weight excluding hydrogens is 302 g/mol. The van der Waals surface area contributed by atoms with Gasteiger partial charge < -0.3 is 5.32 Å². The van der Waals surface area contributed by atoms with E-state index in [1.807, 2.05) is 0 Å². The Morgan fingerprint density at radius 3 is 1.92 bits per heavy atom. The van der Waals surface area contributed by atoms with Crippen molar-refractivity contribution in [1.82, 2.24) is 0 Å². The first-order valence-electron chi connectivity index (χ1n) is 9.13. The predicted octanol–water partition coefficient (Wildman–Crippen LogP) is 6.69. The van der Waals surface area contributed by atoms with Crippen LogP contribution >= 0.6 is 0 Å². The van der Waals surface area contributed by atoms with Crippen LogP contribution in [0.1, 0.15) is 55.9 Å². The highest BCUT2D eigenvalue weighted by Crippen LogP contribution is 2.44. The van der Waals surface area contributed by atoms with Gasteiger partial charge in [-0.05, 0) is 87.1 Å². The zero-order valence-electron chi connectivity index (χ0n) is 16.3. The molecule has 0 spiro atoms. The summed E-state index contributed by atoms with van der Waals surface area (Å²) in [5, 5.41) is 3.63. The summed E-state index contributed by atoms with van der Waals surface area (Å²) < 4.78 is 0. The molecule has 2 aromatic carbocycles. The Morgan fingerprint density at radius 1 is 0.760 bits per heavy atom. The van der Waals surface area contributed by atoms with Crippen LogP contribution in [0.15, 0.2) is 64.8 Å². The fourth-order valence-electron chi connectivity index (χ4n) is 4.07. The van der Waals surface area contributed by atoms with E-state index in [4.69, 9.17) is 0 Å². The number of benzene rings is 2. The lowest BCUT2D eigenvalue weighted by atomic mass is 9.86. The highest BCUT2D eigenvalue weighted by Gasteiger charge is 2.27. The molecule has 0 heterocycles. The van der Waals surface area contributed by atoms with Crippen LogP contribution in [-0.2, 0) is 6.54 Å². The lowest BCUT2D eigenvalue weighted by molar-refractivity contribution is 0.908. The van der Waals surface area contributed by atoms with E-state index >= 15 is 0 Å². The van der Waals surface area contributed by atoms with Crippen LogP contribution in [0.4, 0.5) is 5.69 Å². The van der Waals surface area contributed by atoms with Gasteiger partial charge in [-0.15, -0.1) is 0 Å². The summed E-state index contributed by atoms with van der Waals surface area (Å²) in [6.07, 6.45) is 0. The molecule has 1 aliphatic carbocycles. The molecule has 0 amide bonds. The summed E-state index contributed by atoms with van der Waals surface area (Å²) in [7, 11) is 0. The number of allylic oxidation sites excluding steroid dienone is 4. The quantitative estimate of drug-likeness (QED) is 0.658.